The Labute approximate surface area is 121 Å². The minimum Gasteiger partial charge on any atom is -0.383 e. The standard InChI is InChI=1S/C11H15BrClNO3S/c1-14(5-6-17-2)18(15,16)11-7-9(8-13)3-4-10(11)12/h3-4,7H,5-6,8H2,1-2H3. The molecule has 1 aromatic rings. The predicted molar refractivity (Wildman–Crippen MR) is 75.4 cm³/mol. The van der Waals surface area contributed by atoms with Crippen LogP contribution in [0.25, 0.3) is 0 Å². The van der Waals surface area contributed by atoms with Crippen LogP contribution in [0.5, 0.6) is 0 Å². The van der Waals surface area contributed by atoms with Crippen LogP contribution in [0.2, 0.25) is 0 Å². The molecule has 0 aliphatic heterocycles. The van der Waals surface area contributed by atoms with E-state index in [0.29, 0.717) is 17.6 Å². The maximum absolute atomic E-state index is 12.3. The van der Waals surface area contributed by atoms with Crippen LogP contribution in [-0.4, -0.2) is 40.0 Å². The molecule has 0 bridgehead atoms. The number of sulfonamides is 1. The van der Waals surface area contributed by atoms with Crippen LogP contribution in [0.15, 0.2) is 27.6 Å². The van der Waals surface area contributed by atoms with Crippen molar-refractivity contribution in [3.63, 3.8) is 0 Å². The fourth-order valence-corrected chi connectivity index (χ4v) is 3.63. The molecule has 0 fully saturated rings. The Bertz CT molecular complexity index is 507. The van der Waals surface area contributed by atoms with Gasteiger partial charge in [0.1, 0.15) is 0 Å². The molecule has 0 spiro atoms. The van der Waals surface area contributed by atoms with Gasteiger partial charge in [-0.15, -0.1) is 11.6 Å². The quantitative estimate of drug-likeness (QED) is 0.736. The van der Waals surface area contributed by atoms with Crippen molar-refractivity contribution in [1.82, 2.24) is 4.31 Å². The van der Waals surface area contributed by atoms with Gasteiger partial charge in [-0.2, -0.15) is 4.31 Å². The third-order valence-corrected chi connectivity index (χ3v) is 5.61. The third kappa shape index (κ3) is 3.68. The fraction of sp³-hybridized carbons (Fsp3) is 0.455. The van der Waals surface area contributed by atoms with Gasteiger partial charge in [-0.3, -0.25) is 0 Å². The molecule has 0 heterocycles. The average molecular weight is 357 g/mol. The number of hydrogen-bond donors (Lipinski definition) is 0. The second-order valence-electron chi connectivity index (χ2n) is 3.72. The van der Waals surface area contributed by atoms with E-state index in [4.69, 9.17) is 16.3 Å². The fourth-order valence-electron chi connectivity index (χ4n) is 1.34. The Kier molecular flexibility index (Phi) is 6.07. The first-order chi connectivity index (χ1) is 8.43. The van der Waals surface area contributed by atoms with Crippen LogP contribution in [0.3, 0.4) is 0 Å². The van der Waals surface area contributed by atoms with E-state index in [9.17, 15) is 8.42 Å². The predicted octanol–water partition coefficient (Wildman–Crippen LogP) is 2.45. The third-order valence-electron chi connectivity index (χ3n) is 2.45. The molecule has 0 unspecified atom stereocenters. The monoisotopic (exact) mass is 355 g/mol. The average Bonchev–Trinajstić information content (AvgIpc) is 2.36. The van der Waals surface area contributed by atoms with Gasteiger partial charge in [0, 0.05) is 31.1 Å². The van der Waals surface area contributed by atoms with E-state index in [2.05, 4.69) is 15.9 Å². The molecule has 0 saturated carbocycles. The largest absolute Gasteiger partial charge is 0.383 e. The van der Waals surface area contributed by atoms with Gasteiger partial charge in [0.05, 0.1) is 11.5 Å². The highest BCUT2D eigenvalue weighted by molar-refractivity contribution is 9.10. The highest BCUT2D eigenvalue weighted by Gasteiger charge is 2.23. The van der Waals surface area contributed by atoms with Crippen LogP contribution in [-0.2, 0) is 20.6 Å². The number of benzene rings is 1. The normalized spacial score (nSPS) is 12.1. The Morgan fingerprint density at radius 3 is 2.67 bits per heavy atom. The molecule has 7 heteroatoms. The van der Waals surface area contributed by atoms with Gasteiger partial charge in [-0.25, -0.2) is 8.42 Å². The summed E-state index contributed by atoms with van der Waals surface area (Å²) in [7, 11) is -0.472. The number of nitrogens with zero attached hydrogens (tertiary/aromatic N) is 1. The molecule has 18 heavy (non-hydrogen) atoms. The minimum absolute atomic E-state index is 0.222. The summed E-state index contributed by atoms with van der Waals surface area (Å²) in [5.41, 5.74) is 0.763. The summed E-state index contributed by atoms with van der Waals surface area (Å²) in [5, 5.41) is 0. The van der Waals surface area contributed by atoms with Crippen molar-refractivity contribution in [3.05, 3.63) is 28.2 Å². The van der Waals surface area contributed by atoms with Crippen molar-refractivity contribution in [3.8, 4) is 0 Å². The van der Waals surface area contributed by atoms with E-state index in [0.717, 1.165) is 5.56 Å². The number of halogens is 2. The highest BCUT2D eigenvalue weighted by Crippen LogP contribution is 2.26. The second-order valence-corrected chi connectivity index (χ2v) is 6.85. The lowest BCUT2D eigenvalue weighted by Gasteiger charge is -2.18. The molecule has 0 saturated heterocycles. The zero-order valence-electron chi connectivity index (χ0n) is 10.2. The van der Waals surface area contributed by atoms with E-state index < -0.39 is 10.0 Å². The summed E-state index contributed by atoms with van der Waals surface area (Å²) >= 11 is 8.97. The van der Waals surface area contributed by atoms with Gasteiger partial charge in [-0.1, -0.05) is 6.07 Å². The van der Waals surface area contributed by atoms with Gasteiger partial charge >= 0.3 is 0 Å². The molecule has 0 amide bonds. The van der Waals surface area contributed by atoms with E-state index in [1.54, 1.807) is 18.2 Å². The first kappa shape index (κ1) is 15.9. The van der Waals surface area contributed by atoms with Gasteiger partial charge in [0.25, 0.3) is 0 Å². The van der Waals surface area contributed by atoms with E-state index in [-0.39, 0.29) is 10.8 Å². The van der Waals surface area contributed by atoms with E-state index >= 15 is 0 Å². The van der Waals surface area contributed by atoms with Crippen molar-refractivity contribution in [1.29, 1.82) is 0 Å². The second kappa shape index (κ2) is 6.86. The lowest BCUT2D eigenvalue weighted by atomic mass is 10.2. The SMILES string of the molecule is COCCN(C)S(=O)(=O)c1cc(CCl)ccc1Br. The molecule has 1 rings (SSSR count). The van der Waals surface area contributed by atoms with E-state index in [1.807, 2.05) is 0 Å². The smallest absolute Gasteiger partial charge is 0.244 e. The number of likely N-dealkylation sites (N-methyl/N-ethyl adjacent to an activating group) is 1. The van der Waals surface area contributed by atoms with Gasteiger partial charge in [-0.05, 0) is 33.6 Å². The first-order valence-electron chi connectivity index (χ1n) is 5.23. The molecule has 1 aromatic carbocycles. The summed E-state index contributed by atoms with van der Waals surface area (Å²) < 4.78 is 31.3. The summed E-state index contributed by atoms with van der Waals surface area (Å²) in [4.78, 5) is 0.222. The number of hydrogen-bond acceptors (Lipinski definition) is 3. The van der Waals surface area contributed by atoms with Crippen molar-refractivity contribution in [2.45, 2.75) is 10.8 Å². The topological polar surface area (TPSA) is 46.6 Å². The Hall–Kier alpha value is -0.140. The van der Waals surface area contributed by atoms with Crippen LogP contribution >= 0.6 is 27.5 Å². The minimum atomic E-state index is -3.53. The molecule has 102 valence electrons. The molecular formula is C11H15BrClNO3S. The lowest BCUT2D eigenvalue weighted by Crippen LogP contribution is -2.30. The van der Waals surface area contributed by atoms with E-state index in [1.165, 1.54) is 18.5 Å². The molecule has 0 aromatic heterocycles. The Morgan fingerprint density at radius 1 is 1.44 bits per heavy atom. The van der Waals surface area contributed by atoms with Crippen molar-refractivity contribution < 1.29 is 13.2 Å². The molecular weight excluding hydrogens is 342 g/mol. The maximum atomic E-state index is 12.3. The number of alkyl halides is 1. The Morgan fingerprint density at radius 2 is 2.11 bits per heavy atom. The van der Waals surface area contributed by atoms with Gasteiger partial charge < -0.3 is 4.74 Å². The number of methoxy groups -OCH3 is 1. The molecule has 0 aliphatic rings. The summed E-state index contributed by atoms with van der Waals surface area (Å²) in [6.45, 7) is 0.652. The number of ether oxygens (including phenoxy) is 1. The van der Waals surface area contributed by atoms with Crippen LogP contribution in [0.1, 0.15) is 5.56 Å². The van der Waals surface area contributed by atoms with Crippen molar-refractivity contribution in [2.24, 2.45) is 0 Å². The lowest BCUT2D eigenvalue weighted by molar-refractivity contribution is 0.185. The first-order valence-corrected chi connectivity index (χ1v) is 8.00. The van der Waals surface area contributed by atoms with Crippen LogP contribution < -0.4 is 0 Å². The van der Waals surface area contributed by atoms with Gasteiger partial charge in [0.15, 0.2) is 0 Å². The highest BCUT2D eigenvalue weighted by atomic mass is 79.9. The maximum Gasteiger partial charge on any atom is 0.244 e. The zero-order valence-corrected chi connectivity index (χ0v) is 13.3. The molecule has 0 atom stereocenters. The summed E-state index contributed by atoms with van der Waals surface area (Å²) in [5.74, 6) is 0.275. The number of rotatable bonds is 6. The van der Waals surface area contributed by atoms with Crippen LogP contribution in [0, 0.1) is 0 Å². The molecule has 0 aliphatic carbocycles. The summed E-state index contributed by atoms with van der Waals surface area (Å²) in [6, 6.07) is 5.05. The van der Waals surface area contributed by atoms with Gasteiger partial charge in [0.2, 0.25) is 10.0 Å². The molecule has 4 nitrogen and oxygen atoms in total. The van der Waals surface area contributed by atoms with Crippen LogP contribution in [0.4, 0.5) is 0 Å². The molecule has 0 radical (unpaired) electrons. The van der Waals surface area contributed by atoms with Crippen molar-refractivity contribution in [2.75, 3.05) is 27.3 Å². The van der Waals surface area contributed by atoms with Crippen molar-refractivity contribution >= 4 is 37.6 Å². The Balaban J connectivity index is 3.11. The summed E-state index contributed by atoms with van der Waals surface area (Å²) in [6.07, 6.45) is 0. The zero-order chi connectivity index (χ0) is 13.8. The molecule has 0 N–H and O–H groups in total.